The van der Waals surface area contributed by atoms with Gasteiger partial charge in [0.25, 0.3) is 0 Å². The van der Waals surface area contributed by atoms with Crippen molar-refractivity contribution in [3.05, 3.63) is 0 Å². The summed E-state index contributed by atoms with van der Waals surface area (Å²) in [6.45, 7) is -0.540. The molecule has 0 spiro atoms. The first-order chi connectivity index (χ1) is 10.3. The van der Waals surface area contributed by atoms with Crippen LogP contribution in [0.2, 0.25) is 0 Å². The first-order valence-corrected chi connectivity index (χ1v) is 6.69. The molecular formula is C12H19N3O7. The minimum atomic E-state index is -1.46. The highest BCUT2D eigenvalue weighted by Crippen LogP contribution is 2.19. The third-order valence-electron chi connectivity index (χ3n) is 3.35. The molecule has 0 aromatic rings. The summed E-state index contributed by atoms with van der Waals surface area (Å²) in [5.41, 5.74) is 5.50. The molecule has 0 bridgehead atoms. The lowest BCUT2D eigenvalue weighted by Crippen LogP contribution is -2.54. The molecule has 1 rings (SSSR count). The standard InChI is InChI=1S/C12H19N3O7/c13-6(4-9(17)18)11(20)15-3-1-2-8(15)10(19)14-7(5-16)12(21)22/h6-8,16H,1-5,13H2,(H,14,19)(H,17,18)(H,21,22). The molecule has 124 valence electrons. The van der Waals surface area contributed by atoms with Gasteiger partial charge in [0.1, 0.15) is 12.1 Å². The normalized spacial score (nSPS) is 20.3. The zero-order valence-electron chi connectivity index (χ0n) is 11.8. The maximum Gasteiger partial charge on any atom is 0.328 e. The first-order valence-electron chi connectivity index (χ1n) is 6.69. The second kappa shape index (κ2) is 7.71. The van der Waals surface area contributed by atoms with Gasteiger partial charge in [-0.05, 0) is 12.8 Å². The van der Waals surface area contributed by atoms with Crippen molar-refractivity contribution < 1.29 is 34.5 Å². The molecule has 2 amide bonds. The van der Waals surface area contributed by atoms with Crippen molar-refractivity contribution >= 4 is 23.8 Å². The molecule has 6 N–H and O–H groups in total. The van der Waals surface area contributed by atoms with Crippen LogP contribution in [-0.2, 0) is 19.2 Å². The van der Waals surface area contributed by atoms with Gasteiger partial charge in [-0.15, -0.1) is 0 Å². The Morgan fingerprint density at radius 3 is 2.41 bits per heavy atom. The summed E-state index contributed by atoms with van der Waals surface area (Å²) in [5, 5.41) is 28.4. The van der Waals surface area contributed by atoms with Gasteiger partial charge in [0.2, 0.25) is 11.8 Å². The zero-order valence-corrected chi connectivity index (χ0v) is 11.8. The molecule has 1 saturated heterocycles. The Bertz CT molecular complexity index is 468. The Labute approximate surface area is 125 Å². The molecule has 0 aliphatic carbocycles. The van der Waals surface area contributed by atoms with Crippen LogP contribution in [0.25, 0.3) is 0 Å². The highest BCUT2D eigenvalue weighted by Gasteiger charge is 2.37. The number of nitrogens with zero attached hydrogens (tertiary/aromatic N) is 1. The van der Waals surface area contributed by atoms with E-state index in [-0.39, 0.29) is 6.54 Å². The number of carbonyl (C=O) groups excluding carboxylic acids is 2. The van der Waals surface area contributed by atoms with Crippen molar-refractivity contribution in [1.82, 2.24) is 10.2 Å². The van der Waals surface area contributed by atoms with Crippen LogP contribution in [0.3, 0.4) is 0 Å². The molecule has 0 aromatic heterocycles. The Balaban J connectivity index is 2.73. The van der Waals surface area contributed by atoms with Crippen LogP contribution in [0, 0.1) is 0 Å². The Morgan fingerprint density at radius 1 is 1.27 bits per heavy atom. The fraction of sp³-hybridized carbons (Fsp3) is 0.667. The van der Waals surface area contributed by atoms with Gasteiger partial charge < -0.3 is 31.3 Å². The molecule has 1 fully saturated rings. The predicted octanol–water partition coefficient (Wildman–Crippen LogP) is -2.66. The van der Waals surface area contributed by atoms with Gasteiger partial charge in [0, 0.05) is 6.54 Å². The average Bonchev–Trinajstić information content (AvgIpc) is 2.91. The van der Waals surface area contributed by atoms with Crippen molar-refractivity contribution in [2.24, 2.45) is 5.73 Å². The summed E-state index contributed by atoms with van der Waals surface area (Å²) < 4.78 is 0. The molecule has 0 radical (unpaired) electrons. The van der Waals surface area contributed by atoms with Gasteiger partial charge >= 0.3 is 11.9 Å². The van der Waals surface area contributed by atoms with Crippen molar-refractivity contribution in [2.75, 3.05) is 13.2 Å². The summed E-state index contributed by atoms with van der Waals surface area (Å²) in [6, 6.07) is -3.64. The van der Waals surface area contributed by atoms with E-state index in [0.717, 1.165) is 4.90 Å². The molecule has 3 unspecified atom stereocenters. The van der Waals surface area contributed by atoms with Gasteiger partial charge in [0.05, 0.1) is 19.1 Å². The number of amides is 2. The fourth-order valence-corrected chi connectivity index (χ4v) is 2.24. The molecule has 1 aliphatic rings. The third kappa shape index (κ3) is 4.40. The SMILES string of the molecule is NC(CC(=O)O)C(=O)N1CCCC1C(=O)NC(CO)C(=O)O. The number of carbonyl (C=O) groups is 4. The molecule has 22 heavy (non-hydrogen) atoms. The van der Waals surface area contributed by atoms with Crippen molar-refractivity contribution in [2.45, 2.75) is 37.4 Å². The number of carboxylic acid groups (broad SMARTS) is 2. The van der Waals surface area contributed by atoms with E-state index in [1.165, 1.54) is 0 Å². The molecule has 1 heterocycles. The number of aliphatic carboxylic acids is 2. The van der Waals surface area contributed by atoms with Crippen LogP contribution in [0.1, 0.15) is 19.3 Å². The van der Waals surface area contributed by atoms with Crippen molar-refractivity contribution in [3.8, 4) is 0 Å². The number of carboxylic acids is 2. The Hall–Kier alpha value is -2.20. The fourth-order valence-electron chi connectivity index (χ4n) is 2.24. The summed E-state index contributed by atoms with van der Waals surface area (Å²) in [5.74, 6) is -4.01. The van der Waals surface area contributed by atoms with Crippen LogP contribution >= 0.6 is 0 Å². The van der Waals surface area contributed by atoms with E-state index in [1.807, 2.05) is 0 Å². The summed E-state index contributed by atoms with van der Waals surface area (Å²) in [7, 11) is 0. The average molecular weight is 317 g/mol. The van der Waals surface area contributed by atoms with Gasteiger partial charge in [-0.3, -0.25) is 14.4 Å². The topological polar surface area (TPSA) is 170 Å². The number of hydrogen-bond donors (Lipinski definition) is 5. The number of nitrogens with one attached hydrogen (secondary N) is 1. The van der Waals surface area contributed by atoms with Crippen LogP contribution in [0.5, 0.6) is 0 Å². The molecule has 10 heteroatoms. The molecule has 3 atom stereocenters. The van der Waals surface area contributed by atoms with E-state index in [2.05, 4.69) is 5.32 Å². The third-order valence-corrected chi connectivity index (χ3v) is 3.35. The van der Waals surface area contributed by atoms with Crippen LogP contribution in [0.15, 0.2) is 0 Å². The highest BCUT2D eigenvalue weighted by molar-refractivity contribution is 5.93. The summed E-state index contributed by atoms with van der Waals surface area (Å²) >= 11 is 0. The second-order valence-electron chi connectivity index (χ2n) is 4.98. The van der Waals surface area contributed by atoms with Gasteiger partial charge in [-0.25, -0.2) is 4.79 Å². The van der Waals surface area contributed by atoms with Crippen molar-refractivity contribution in [1.29, 1.82) is 0 Å². The number of hydrogen-bond acceptors (Lipinski definition) is 6. The Kier molecular flexibility index (Phi) is 6.25. The largest absolute Gasteiger partial charge is 0.481 e. The molecule has 0 aromatic carbocycles. The molecule has 0 saturated carbocycles. The van der Waals surface area contributed by atoms with E-state index in [9.17, 15) is 19.2 Å². The minimum absolute atomic E-state index is 0.237. The lowest BCUT2D eigenvalue weighted by Gasteiger charge is -2.27. The zero-order chi connectivity index (χ0) is 16.9. The molecular weight excluding hydrogens is 298 g/mol. The van der Waals surface area contributed by atoms with E-state index in [0.29, 0.717) is 12.8 Å². The van der Waals surface area contributed by atoms with Gasteiger partial charge in [-0.1, -0.05) is 0 Å². The quantitative estimate of drug-likeness (QED) is 0.338. The van der Waals surface area contributed by atoms with Crippen LogP contribution in [-0.4, -0.2) is 75.2 Å². The van der Waals surface area contributed by atoms with Crippen molar-refractivity contribution in [3.63, 3.8) is 0 Å². The summed E-state index contributed by atoms with van der Waals surface area (Å²) in [6.07, 6.45) is 0.272. The predicted molar refractivity (Wildman–Crippen MR) is 71.6 cm³/mol. The lowest BCUT2D eigenvalue weighted by molar-refractivity contribution is -0.146. The van der Waals surface area contributed by atoms with E-state index >= 15 is 0 Å². The smallest absolute Gasteiger partial charge is 0.328 e. The maximum absolute atomic E-state index is 12.1. The summed E-state index contributed by atoms with van der Waals surface area (Å²) in [4.78, 5) is 46.6. The monoisotopic (exact) mass is 317 g/mol. The first kappa shape index (κ1) is 17.9. The Morgan fingerprint density at radius 2 is 1.91 bits per heavy atom. The van der Waals surface area contributed by atoms with Crippen LogP contribution < -0.4 is 11.1 Å². The number of nitrogens with two attached hydrogens (primary N) is 1. The number of aliphatic hydroxyl groups is 1. The molecule has 10 nitrogen and oxygen atoms in total. The number of rotatable bonds is 7. The minimum Gasteiger partial charge on any atom is -0.481 e. The lowest BCUT2D eigenvalue weighted by atomic mass is 10.1. The number of likely N-dealkylation sites (tertiary alicyclic amines) is 1. The van der Waals surface area contributed by atoms with Gasteiger partial charge in [-0.2, -0.15) is 0 Å². The second-order valence-corrected chi connectivity index (χ2v) is 4.98. The van der Waals surface area contributed by atoms with E-state index in [4.69, 9.17) is 21.1 Å². The maximum atomic E-state index is 12.1. The van der Waals surface area contributed by atoms with Crippen LogP contribution in [0.4, 0.5) is 0 Å². The highest BCUT2D eigenvalue weighted by atomic mass is 16.4. The van der Waals surface area contributed by atoms with E-state index in [1.54, 1.807) is 0 Å². The number of aliphatic hydroxyl groups excluding tert-OH is 1. The van der Waals surface area contributed by atoms with E-state index < -0.39 is 54.9 Å². The molecule has 1 aliphatic heterocycles. The van der Waals surface area contributed by atoms with Gasteiger partial charge in [0.15, 0.2) is 0 Å².